The molecule has 0 amide bonds. The molecule has 7 heteroatoms. The molecule has 0 bridgehead atoms. The SMILES string of the molecule is O=Cc1cc([N+](=O)[O-])ccc1Sc1nc2ccccc2s1. The van der Waals surface area contributed by atoms with Gasteiger partial charge in [-0.2, -0.15) is 0 Å². The number of hydrogen-bond donors (Lipinski definition) is 0. The Bertz CT molecular complexity index is 812. The molecule has 5 nitrogen and oxygen atoms in total. The molecule has 104 valence electrons. The fourth-order valence-electron chi connectivity index (χ4n) is 1.82. The molecule has 0 fully saturated rings. The van der Waals surface area contributed by atoms with Crippen LogP contribution in [0.4, 0.5) is 5.69 Å². The molecule has 1 aromatic heterocycles. The van der Waals surface area contributed by atoms with Crippen LogP contribution >= 0.6 is 23.1 Å². The van der Waals surface area contributed by atoms with E-state index >= 15 is 0 Å². The van der Waals surface area contributed by atoms with E-state index in [0.717, 1.165) is 14.6 Å². The van der Waals surface area contributed by atoms with Crippen molar-refractivity contribution in [1.82, 2.24) is 4.98 Å². The summed E-state index contributed by atoms with van der Waals surface area (Å²) in [6.45, 7) is 0. The smallest absolute Gasteiger partial charge is 0.270 e. The molecule has 0 aliphatic rings. The molecule has 0 saturated carbocycles. The zero-order valence-corrected chi connectivity index (χ0v) is 12.2. The Morgan fingerprint density at radius 2 is 2.05 bits per heavy atom. The van der Waals surface area contributed by atoms with Crippen molar-refractivity contribution in [2.24, 2.45) is 0 Å². The van der Waals surface area contributed by atoms with Crippen LogP contribution < -0.4 is 0 Å². The second-order valence-electron chi connectivity index (χ2n) is 4.15. The third-order valence-electron chi connectivity index (χ3n) is 2.80. The van der Waals surface area contributed by atoms with Crippen LogP contribution in [0.25, 0.3) is 10.2 Å². The van der Waals surface area contributed by atoms with Crippen LogP contribution in [0.2, 0.25) is 0 Å². The minimum atomic E-state index is -0.515. The van der Waals surface area contributed by atoms with Crippen LogP contribution in [0.5, 0.6) is 0 Å². The Labute approximate surface area is 127 Å². The van der Waals surface area contributed by atoms with Crippen LogP contribution in [0, 0.1) is 10.1 Å². The molecule has 1 heterocycles. The highest BCUT2D eigenvalue weighted by atomic mass is 32.2. The second kappa shape index (κ2) is 5.63. The van der Waals surface area contributed by atoms with E-state index in [1.807, 2.05) is 24.3 Å². The van der Waals surface area contributed by atoms with E-state index < -0.39 is 4.92 Å². The molecular formula is C14H8N2O3S2. The topological polar surface area (TPSA) is 73.1 Å². The molecule has 0 spiro atoms. The number of hydrogen-bond acceptors (Lipinski definition) is 6. The Morgan fingerprint density at radius 3 is 2.76 bits per heavy atom. The number of aromatic nitrogens is 1. The third kappa shape index (κ3) is 2.79. The lowest BCUT2D eigenvalue weighted by Gasteiger charge is -2.01. The minimum absolute atomic E-state index is 0.0919. The summed E-state index contributed by atoms with van der Waals surface area (Å²) >= 11 is 2.86. The molecule has 0 aliphatic carbocycles. The van der Waals surface area contributed by atoms with Gasteiger partial charge < -0.3 is 0 Å². The maximum Gasteiger partial charge on any atom is 0.270 e. The van der Waals surface area contributed by atoms with Gasteiger partial charge in [-0.05, 0) is 18.2 Å². The number of nitro groups is 1. The van der Waals surface area contributed by atoms with Gasteiger partial charge in [0.2, 0.25) is 0 Å². The molecular weight excluding hydrogens is 308 g/mol. The number of nitro benzene ring substituents is 1. The van der Waals surface area contributed by atoms with E-state index in [1.54, 1.807) is 6.07 Å². The summed E-state index contributed by atoms with van der Waals surface area (Å²) in [7, 11) is 0. The zero-order valence-electron chi connectivity index (χ0n) is 10.6. The predicted molar refractivity (Wildman–Crippen MR) is 82.2 cm³/mol. The van der Waals surface area contributed by atoms with Gasteiger partial charge in [0.15, 0.2) is 10.6 Å². The summed E-state index contributed by atoms with van der Waals surface area (Å²) in [5.41, 5.74) is 1.11. The van der Waals surface area contributed by atoms with Gasteiger partial charge in [-0.15, -0.1) is 11.3 Å². The van der Waals surface area contributed by atoms with E-state index in [0.29, 0.717) is 16.7 Å². The average molecular weight is 316 g/mol. The van der Waals surface area contributed by atoms with E-state index in [2.05, 4.69) is 4.98 Å². The van der Waals surface area contributed by atoms with Crippen LogP contribution in [-0.2, 0) is 0 Å². The normalized spacial score (nSPS) is 10.7. The van der Waals surface area contributed by atoms with Crippen molar-refractivity contribution in [2.45, 2.75) is 9.24 Å². The molecule has 0 atom stereocenters. The number of para-hydroxylation sites is 1. The highest BCUT2D eigenvalue weighted by molar-refractivity contribution is 8.01. The standard InChI is InChI=1S/C14H8N2O3S2/c17-8-9-7-10(16(18)19)5-6-12(9)20-14-15-11-3-1-2-4-13(11)21-14/h1-8H. The molecule has 0 N–H and O–H groups in total. The fraction of sp³-hybridized carbons (Fsp3) is 0. The first-order valence-corrected chi connectivity index (χ1v) is 7.58. The summed E-state index contributed by atoms with van der Waals surface area (Å²) in [6.07, 6.45) is 0.628. The molecule has 0 radical (unpaired) electrons. The first-order valence-electron chi connectivity index (χ1n) is 5.94. The van der Waals surface area contributed by atoms with Gasteiger partial charge in [0.1, 0.15) is 0 Å². The highest BCUT2D eigenvalue weighted by Crippen LogP contribution is 2.36. The van der Waals surface area contributed by atoms with Crippen molar-refractivity contribution in [2.75, 3.05) is 0 Å². The van der Waals surface area contributed by atoms with Crippen LogP contribution in [-0.4, -0.2) is 16.2 Å². The Hall–Kier alpha value is -2.25. The van der Waals surface area contributed by atoms with Gasteiger partial charge in [0.25, 0.3) is 5.69 Å². The maximum atomic E-state index is 11.1. The third-order valence-corrected chi connectivity index (χ3v) is 4.99. The van der Waals surface area contributed by atoms with Gasteiger partial charge in [-0.25, -0.2) is 4.98 Å². The van der Waals surface area contributed by atoms with Gasteiger partial charge in [0.05, 0.1) is 15.1 Å². The summed E-state index contributed by atoms with van der Waals surface area (Å²) in [4.78, 5) is 26.5. The van der Waals surface area contributed by atoms with Crippen molar-refractivity contribution in [3.05, 3.63) is 58.1 Å². The summed E-state index contributed by atoms with van der Waals surface area (Å²) in [5.74, 6) is 0. The largest absolute Gasteiger partial charge is 0.298 e. The second-order valence-corrected chi connectivity index (χ2v) is 6.47. The fourth-order valence-corrected chi connectivity index (χ4v) is 3.92. The zero-order chi connectivity index (χ0) is 14.8. The Kier molecular flexibility index (Phi) is 3.68. The number of carbonyl (C=O) groups excluding carboxylic acids is 1. The molecule has 0 saturated heterocycles. The number of thiazole rings is 1. The van der Waals surface area contributed by atoms with E-state index in [4.69, 9.17) is 0 Å². The van der Waals surface area contributed by atoms with Gasteiger partial charge in [-0.1, -0.05) is 23.9 Å². The van der Waals surface area contributed by atoms with E-state index in [-0.39, 0.29) is 5.69 Å². The lowest BCUT2D eigenvalue weighted by Crippen LogP contribution is -1.91. The number of carbonyl (C=O) groups is 1. The maximum absolute atomic E-state index is 11.1. The van der Waals surface area contributed by atoms with Crippen molar-refractivity contribution in [3.8, 4) is 0 Å². The van der Waals surface area contributed by atoms with Gasteiger partial charge in [-0.3, -0.25) is 14.9 Å². The molecule has 21 heavy (non-hydrogen) atoms. The number of non-ortho nitro benzene ring substituents is 1. The molecule has 3 aromatic rings. The predicted octanol–water partition coefficient (Wildman–Crippen LogP) is 4.17. The van der Waals surface area contributed by atoms with E-state index in [9.17, 15) is 14.9 Å². The number of nitrogens with zero attached hydrogens (tertiary/aromatic N) is 2. The summed E-state index contributed by atoms with van der Waals surface area (Å²) in [6, 6.07) is 12.0. The number of aldehydes is 1. The summed E-state index contributed by atoms with van der Waals surface area (Å²) < 4.78 is 1.86. The Morgan fingerprint density at radius 1 is 1.24 bits per heavy atom. The minimum Gasteiger partial charge on any atom is -0.298 e. The summed E-state index contributed by atoms with van der Waals surface area (Å²) in [5, 5.41) is 10.7. The van der Waals surface area contributed by atoms with Crippen LogP contribution in [0.15, 0.2) is 51.7 Å². The number of rotatable bonds is 4. The lowest BCUT2D eigenvalue weighted by molar-refractivity contribution is -0.384. The highest BCUT2D eigenvalue weighted by Gasteiger charge is 2.13. The number of benzene rings is 2. The van der Waals surface area contributed by atoms with E-state index in [1.165, 1.54) is 35.2 Å². The lowest BCUT2D eigenvalue weighted by atomic mass is 10.2. The molecule has 0 aliphatic heterocycles. The average Bonchev–Trinajstić information content (AvgIpc) is 2.89. The van der Waals surface area contributed by atoms with Crippen molar-refractivity contribution in [3.63, 3.8) is 0 Å². The first-order chi connectivity index (χ1) is 10.2. The van der Waals surface area contributed by atoms with Gasteiger partial charge >= 0.3 is 0 Å². The molecule has 2 aromatic carbocycles. The van der Waals surface area contributed by atoms with Gasteiger partial charge in [0, 0.05) is 22.6 Å². The van der Waals surface area contributed by atoms with Crippen molar-refractivity contribution < 1.29 is 9.72 Å². The molecule has 3 rings (SSSR count). The van der Waals surface area contributed by atoms with Crippen molar-refractivity contribution in [1.29, 1.82) is 0 Å². The van der Waals surface area contributed by atoms with Crippen LogP contribution in [0.3, 0.4) is 0 Å². The quantitative estimate of drug-likeness (QED) is 0.410. The number of fused-ring (bicyclic) bond motifs is 1. The first kappa shape index (κ1) is 13.7. The molecule has 0 unspecified atom stereocenters. The Balaban J connectivity index is 1.97. The monoisotopic (exact) mass is 316 g/mol. The van der Waals surface area contributed by atoms with Crippen molar-refractivity contribution >= 4 is 45.3 Å². The van der Waals surface area contributed by atoms with Crippen LogP contribution in [0.1, 0.15) is 10.4 Å².